The van der Waals surface area contributed by atoms with Crippen LogP contribution in [0.1, 0.15) is 63.0 Å². The summed E-state index contributed by atoms with van der Waals surface area (Å²) < 4.78 is 46.4. The van der Waals surface area contributed by atoms with Gasteiger partial charge in [0.05, 0.1) is 11.2 Å². The number of rotatable bonds is 11. The van der Waals surface area contributed by atoms with Gasteiger partial charge >= 0.3 is 0 Å². The van der Waals surface area contributed by atoms with E-state index in [0.717, 1.165) is 12.1 Å². The number of β-amino-alcohol motifs (C(OH)–C–C–N with tert-alkyl or cyclic N) is 1. The lowest BCUT2D eigenvalue weighted by atomic mass is 9.69. The van der Waals surface area contributed by atoms with Crippen LogP contribution >= 0.6 is 0 Å². The lowest BCUT2D eigenvalue weighted by molar-refractivity contribution is -0.127. The monoisotopic (exact) mass is 542 g/mol. The maximum atomic E-state index is 14.2. The number of ketones is 2. The number of halogens is 3. The van der Waals surface area contributed by atoms with Gasteiger partial charge in [0.15, 0.2) is 11.5 Å². The molecule has 2 heterocycles. The third-order valence-electron chi connectivity index (χ3n) is 7.07. The zero-order valence-electron chi connectivity index (χ0n) is 22.6. The Bertz CT molecular complexity index is 1370. The highest BCUT2D eigenvalue weighted by Crippen LogP contribution is 2.41. The van der Waals surface area contributed by atoms with Crippen LogP contribution in [0.3, 0.4) is 0 Å². The molecule has 2 aromatic carbocycles. The summed E-state index contributed by atoms with van der Waals surface area (Å²) in [5.74, 6) is -2.38. The van der Waals surface area contributed by atoms with Gasteiger partial charge in [-0.05, 0) is 49.1 Å². The van der Waals surface area contributed by atoms with Crippen LogP contribution < -0.4 is 0 Å². The number of hydrogen-bond acceptors (Lipinski definition) is 6. The predicted octanol–water partition coefficient (Wildman–Crippen LogP) is 5.73. The fourth-order valence-corrected chi connectivity index (χ4v) is 5.49. The Morgan fingerprint density at radius 2 is 1.69 bits per heavy atom. The SMILES string of the molecule is CC(C)(O)CN1CC(CC(=O)CC(C)(C)c2cccc(F)c2)(CC(=O)c2cc(-c3ccc(F)cc3F)on2)C1. The molecule has 0 radical (unpaired) electrons. The van der Waals surface area contributed by atoms with Crippen LogP contribution in [0.25, 0.3) is 11.3 Å². The Balaban J connectivity index is 1.50. The third-order valence-corrected chi connectivity index (χ3v) is 7.07. The number of carbonyl (C=O) groups is 2. The molecule has 0 spiro atoms. The number of likely N-dealkylation sites (tertiary alicyclic amines) is 1. The van der Waals surface area contributed by atoms with Gasteiger partial charge in [0, 0.05) is 56.4 Å². The molecule has 0 amide bonds. The van der Waals surface area contributed by atoms with Crippen LogP contribution in [0.15, 0.2) is 53.1 Å². The van der Waals surface area contributed by atoms with Gasteiger partial charge in [-0.25, -0.2) is 13.2 Å². The molecule has 1 N–H and O–H groups in total. The van der Waals surface area contributed by atoms with E-state index in [4.69, 9.17) is 4.52 Å². The Morgan fingerprint density at radius 1 is 1.00 bits per heavy atom. The summed E-state index contributed by atoms with van der Waals surface area (Å²) in [6.07, 6.45) is 0.284. The van der Waals surface area contributed by atoms with Crippen molar-refractivity contribution in [2.24, 2.45) is 5.41 Å². The first-order valence-electron chi connectivity index (χ1n) is 12.8. The second-order valence-electron chi connectivity index (χ2n) is 12.0. The molecule has 0 atom stereocenters. The van der Waals surface area contributed by atoms with Crippen molar-refractivity contribution in [3.63, 3.8) is 0 Å². The number of Topliss-reactive ketones (excluding diaryl/α,β-unsaturated/α-hetero) is 2. The van der Waals surface area contributed by atoms with Crippen LogP contribution in [0.5, 0.6) is 0 Å². The van der Waals surface area contributed by atoms with Gasteiger partial charge in [-0.15, -0.1) is 0 Å². The summed E-state index contributed by atoms with van der Waals surface area (Å²) in [6, 6.07) is 10.5. The lowest BCUT2D eigenvalue weighted by Gasteiger charge is -2.51. The van der Waals surface area contributed by atoms with E-state index >= 15 is 0 Å². The van der Waals surface area contributed by atoms with Gasteiger partial charge in [-0.3, -0.25) is 14.5 Å². The van der Waals surface area contributed by atoms with E-state index in [1.54, 1.807) is 26.0 Å². The van der Waals surface area contributed by atoms with Gasteiger partial charge in [0.2, 0.25) is 0 Å². The van der Waals surface area contributed by atoms with E-state index in [9.17, 15) is 27.9 Å². The highest BCUT2D eigenvalue weighted by molar-refractivity contribution is 5.96. The minimum atomic E-state index is -0.945. The maximum absolute atomic E-state index is 14.2. The molecule has 1 aromatic heterocycles. The molecular weight excluding hydrogens is 509 g/mol. The first kappa shape index (κ1) is 28.7. The Hall–Kier alpha value is -3.30. The van der Waals surface area contributed by atoms with Crippen LogP contribution in [-0.2, 0) is 10.2 Å². The third kappa shape index (κ3) is 7.02. The summed E-state index contributed by atoms with van der Waals surface area (Å²) in [6.45, 7) is 8.36. The second kappa shape index (κ2) is 10.7. The fourth-order valence-electron chi connectivity index (χ4n) is 5.49. The molecular formula is C30H33F3N2O4. The molecule has 208 valence electrons. The van der Waals surface area contributed by atoms with Gasteiger partial charge < -0.3 is 9.63 Å². The molecule has 6 nitrogen and oxygen atoms in total. The van der Waals surface area contributed by atoms with Crippen LogP contribution in [0.2, 0.25) is 0 Å². The molecule has 39 heavy (non-hydrogen) atoms. The van der Waals surface area contributed by atoms with Gasteiger partial charge in [-0.2, -0.15) is 0 Å². The second-order valence-corrected chi connectivity index (χ2v) is 12.0. The van der Waals surface area contributed by atoms with Crippen LogP contribution in [-0.4, -0.2) is 52.0 Å². The summed E-state index contributed by atoms with van der Waals surface area (Å²) >= 11 is 0. The lowest BCUT2D eigenvalue weighted by Crippen LogP contribution is -2.60. The van der Waals surface area contributed by atoms with Crippen LogP contribution in [0, 0.1) is 22.9 Å². The number of aromatic nitrogens is 1. The Labute approximate surface area is 225 Å². The Kier molecular flexibility index (Phi) is 7.87. The first-order valence-corrected chi connectivity index (χ1v) is 12.8. The van der Waals surface area contributed by atoms with Crippen molar-refractivity contribution < 1.29 is 32.4 Å². The van der Waals surface area contributed by atoms with Crippen molar-refractivity contribution in [1.29, 1.82) is 0 Å². The molecule has 0 unspecified atom stereocenters. The highest BCUT2D eigenvalue weighted by atomic mass is 19.1. The van der Waals surface area contributed by atoms with Gasteiger partial charge in [-0.1, -0.05) is 31.1 Å². The molecule has 9 heteroatoms. The van der Waals surface area contributed by atoms with E-state index in [2.05, 4.69) is 5.16 Å². The summed E-state index contributed by atoms with van der Waals surface area (Å²) in [5, 5.41) is 14.0. The summed E-state index contributed by atoms with van der Waals surface area (Å²) in [7, 11) is 0. The topological polar surface area (TPSA) is 83.6 Å². The molecule has 4 rings (SSSR count). The largest absolute Gasteiger partial charge is 0.389 e. The molecule has 1 fully saturated rings. The molecule has 0 aliphatic carbocycles. The minimum Gasteiger partial charge on any atom is -0.389 e. The molecule has 0 saturated carbocycles. The zero-order chi connectivity index (χ0) is 28.6. The molecule has 1 aliphatic heterocycles. The van der Waals surface area contributed by atoms with Crippen molar-refractivity contribution in [3.05, 3.63) is 77.2 Å². The van der Waals surface area contributed by atoms with E-state index in [0.29, 0.717) is 25.2 Å². The minimum absolute atomic E-state index is 0.000631. The predicted molar refractivity (Wildman–Crippen MR) is 140 cm³/mol. The number of benzene rings is 2. The van der Waals surface area contributed by atoms with Crippen molar-refractivity contribution >= 4 is 11.6 Å². The quantitative estimate of drug-likeness (QED) is 0.312. The van der Waals surface area contributed by atoms with E-state index < -0.39 is 28.1 Å². The van der Waals surface area contributed by atoms with Crippen molar-refractivity contribution in [2.75, 3.05) is 19.6 Å². The average Bonchev–Trinajstić information content (AvgIpc) is 3.26. The summed E-state index contributed by atoms with van der Waals surface area (Å²) in [4.78, 5) is 28.6. The number of nitrogens with zero attached hydrogens (tertiary/aromatic N) is 2. The number of hydrogen-bond donors (Lipinski definition) is 1. The molecule has 1 saturated heterocycles. The van der Waals surface area contributed by atoms with Gasteiger partial charge in [0.25, 0.3) is 0 Å². The van der Waals surface area contributed by atoms with Crippen molar-refractivity contribution in [1.82, 2.24) is 10.1 Å². The highest BCUT2D eigenvalue weighted by Gasteiger charge is 2.47. The number of aliphatic hydroxyl groups is 1. The first-order chi connectivity index (χ1) is 18.1. The maximum Gasteiger partial charge on any atom is 0.185 e. The summed E-state index contributed by atoms with van der Waals surface area (Å²) in [5.41, 5.74) is -1.56. The number of carbonyl (C=O) groups excluding carboxylic acids is 2. The van der Waals surface area contributed by atoms with E-state index in [1.807, 2.05) is 18.7 Å². The molecule has 1 aliphatic rings. The normalized spacial score (nSPS) is 15.7. The fraction of sp³-hybridized carbons (Fsp3) is 0.433. The van der Waals surface area contributed by atoms with Gasteiger partial charge in [0.1, 0.15) is 28.9 Å². The van der Waals surface area contributed by atoms with E-state index in [-0.39, 0.29) is 53.7 Å². The Morgan fingerprint density at radius 3 is 2.33 bits per heavy atom. The zero-order valence-corrected chi connectivity index (χ0v) is 22.6. The van der Waals surface area contributed by atoms with Crippen molar-refractivity contribution in [2.45, 2.75) is 58.0 Å². The average molecular weight is 543 g/mol. The van der Waals surface area contributed by atoms with E-state index in [1.165, 1.54) is 24.3 Å². The standard InChI is InChI=1S/C30H33F3N2O4/c1-28(2,19-6-5-7-20(31)10-19)13-22(36)14-30(17-35(18-30)16-29(3,4)38)15-26(37)25-12-27(39-34-25)23-9-8-21(32)11-24(23)33/h5-12,38H,13-18H2,1-4H3. The molecule has 0 bridgehead atoms. The van der Waals surface area contributed by atoms with Crippen LogP contribution in [0.4, 0.5) is 13.2 Å². The smallest absolute Gasteiger partial charge is 0.185 e. The molecule has 3 aromatic rings. The van der Waals surface area contributed by atoms with Crippen molar-refractivity contribution in [3.8, 4) is 11.3 Å².